The molecule has 2 aromatic rings. The van der Waals surface area contributed by atoms with Crippen LogP contribution < -0.4 is 5.32 Å². The minimum absolute atomic E-state index is 0.320. The van der Waals surface area contributed by atoms with Crippen LogP contribution in [0.4, 0.5) is 0 Å². The Kier molecular flexibility index (Phi) is 8.28. The Hall–Kier alpha value is -2.37. The van der Waals surface area contributed by atoms with Crippen LogP contribution in [0.1, 0.15) is 113 Å². The molecular formula is C28H41N3O3. The van der Waals surface area contributed by atoms with Crippen LogP contribution in [0.15, 0.2) is 18.2 Å². The van der Waals surface area contributed by atoms with Crippen molar-refractivity contribution in [2.24, 2.45) is 11.8 Å². The quantitative estimate of drug-likeness (QED) is 0.430. The predicted octanol–water partition coefficient (Wildman–Crippen LogP) is 6.28. The van der Waals surface area contributed by atoms with Gasteiger partial charge in [0.05, 0.1) is 11.0 Å². The molecule has 0 radical (unpaired) electrons. The smallest absolute Gasteiger partial charge is 0.326 e. The average Bonchev–Trinajstić information content (AvgIpc) is 3.48. The molecule has 1 atom stereocenters. The third kappa shape index (κ3) is 5.64. The highest BCUT2D eigenvalue weighted by Gasteiger charge is 2.27. The number of carbonyl (C=O) groups is 2. The predicted molar refractivity (Wildman–Crippen MR) is 135 cm³/mol. The number of aliphatic carboxylic acids is 1. The summed E-state index contributed by atoms with van der Waals surface area (Å²) < 4.78 is 2.40. The Morgan fingerprint density at radius 3 is 2.32 bits per heavy atom. The number of carboxylic acids is 1. The van der Waals surface area contributed by atoms with Crippen molar-refractivity contribution in [3.8, 4) is 0 Å². The van der Waals surface area contributed by atoms with E-state index in [1.165, 1.54) is 32.1 Å². The first-order chi connectivity index (χ1) is 16.5. The Morgan fingerprint density at radius 2 is 1.68 bits per heavy atom. The lowest BCUT2D eigenvalue weighted by Crippen LogP contribution is -2.42. The van der Waals surface area contributed by atoms with Crippen molar-refractivity contribution in [1.29, 1.82) is 0 Å². The van der Waals surface area contributed by atoms with E-state index in [4.69, 9.17) is 4.98 Å². The number of rotatable bonds is 10. The topological polar surface area (TPSA) is 84.2 Å². The van der Waals surface area contributed by atoms with Crippen LogP contribution in [-0.4, -0.2) is 32.6 Å². The van der Waals surface area contributed by atoms with Crippen LogP contribution >= 0.6 is 0 Å². The van der Waals surface area contributed by atoms with Gasteiger partial charge in [-0.25, -0.2) is 9.78 Å². The molecule has 6 heteroatoms. The molecule has 2 N–H and O–H groups in total. The number of aromatic nitrogens is 2. The van der Waals surface area contributed by atoms with Crippen LogP contribution in [-0.2, 0) is 11.2 Å². The van der Waals surface area contributed by atoms with E-state index in [1.54, 1.807) is 0 Å². The number of amides is 1. The average molecular weight is 468 g/mol. The van der Waals surface area contributed by atoms with Crippen LogP contribution in [0.2, 0.25) is 0 Å². The Bertz CT molecular complexity index is 982. The van der Waals surface area contributed by atoms with Gasteiger partial charge in [0, 0.05) is 18.0 Å². The summed E-state index contributed by atoms with van der Waals surface area (Å²) in [5.41, 5.74) is 2.41. The fourth-order valence-electron chi connectivity index (χ4n) is 6.19. The third-order valence-electron chi connectivity index (χ3n) is 8.18. The molecule has 34 heavy (non-hydrogen) atoms. The highest BCUT2D eigenvalue weighted by molar-refractivity contribution is 5.99. The lowest BCUT2D eigenvalue weighted by molar-refractivity contribution is -0.139. The van der Waals surface area contributed by atoms with Crippen LogP contribution in [0.3, 0.4) is 0 Å². The second-order valence-electron chi connectivity index (χ2n) is 10.5. The molecule has 2 aliphatic rings. The van der Waals surface area contributed by atoms with Gasteiger partial charge in [-0.1, -0.05) is 71.6 Å². The van der Waals surface area contributed by atoms with E-state index in [2.05, 4.69) is 23.7 Å². The Labute approximate surface area is 203 Å². The van der Waals surface area contributed by atoms with Gasteiger partial charge in [-0.05, 0) is 49.3 Å². The zero-order chi connectivity index (χ0) is 24.1. The van der Waals surface area contributed by atoms with Gasteiger partial charge < -0.3 is 15.0 Å². The van der Waals surface area contributed by atoms with E-state index in [0.717, 1.165) is 61.8 Å². The molecule has 1 unspecified atom stereocenters. The van der Waals surface area contributed by atoms with Gasteiger partial charge in [-0.15, -0.1) is 0 Å². The number of nitrogens with one attached hydrogen (secondary N) is 1. The highest BCUT2D eigenvalue weighted by Crippen LogP contribution is 2.32. The van der Waals surface area contributed by atoms with Crippen molar-refractivity contribution in [3.05, 3.63) is 29.6 Å². The fourth-order valence-corrected chi connectivity index (χ4v) is 6.19. The highest BCUT2D eigenvalue weighted by atomic mass is 16.4. The maximum absolute atomic E-state index is 13.1. The van der Waals surface area contributed by atoms with Crippen molar-refractivity contribution in [1.82, 2.24) is 14.9 Å². The molecule has 2 fully saturated rings. The molecule has 0 aliphatic heterocycles. The van der Waals surface area contributed by atoms with Crippen LogP contribution in [0, 0.1) is 11.8 Å². The molecule has 1 amide bonds. The molecule has 1 aromatic carbocycles. The summed E-state index contributed by atoms with van der Waals surface area (Å²) in [4.78, 5) is 29.9. The van der Waals surface area contributed by atoms with Gasteiger partial charge in [0.1, 0.15) is 11.9 Å². The number of imidazole rings is 1. The minimum Gasteiger partial charge on any atom is -0.480 e. The van der Waals surface area contributed by atoms with Crippen molar-refractivity contribution in [2.45, 2.75) is 109 Å². The van der Waals surface area contributed by atoms with E-state index >= 15 is 0 Å². The van der Waals surface area contributed by atoms with E-state index in [9.17, 15) is 14.7 Å². The molecule has 0 saturated heterocycles. The SMILES string of the molecule is CCC(CC)n1c(CC2CCCC2)nc2cc(C(=O)NC(CC3CCCCC3)C(=O)O)ccc21. The number of benzene rings is 1. The monoisotopic (exact) mass is 467 g/mol. The summed E-state index contributed by atoms with van der Waals surface area (Å²) >= 11 is 0. The van der Waals surface area contributed by atoms with Gasteiger partial charge in [0.15, 0.2) is 0 Å². The minimum atomic E-state index is -0.947. The third-order valence-corrected chi connectivity index (χ3v) is 8.18. The first kappa shape index (κ1) is 24.7. The first-order valence-electron chi connectivity index (χ1n) is 13.5. The standard InChI is InChI=1S/C28H41N3O3/c1-3-22(4-2)31-25-15-14-21(18-23(25)29-26(31)17-20-12-8-9-13-20)27(32)30-24(28(33)34)16-19-10-6-5-7-11-19/h14-15,18-20,22,24H,3-13,16-17H2,1-2H3,(H,30,32)(H,33,34). The summed E-state index contributed by atoms with van der Waals surface area (Å²) in [6, 6.07) is 5.24. The van der Waals surface area contributed by atoms with Crippen molar-refractivity contribution in [2.75, 3.05) is 0 Å². The second-order valence-corrected chi connectivity index (χ2v) is 10.5. The number of carboxylic acid groups (broad SMARTS) is 1. The fraction of sp³-hybridized carbons (Fsp3) is 0.679. The Morgan fingerprint density at radius 1 is 1.03 bits per heavy atom. The molecule has 1 aromatic heterocycles. The Balaban J connectivity index is 1.56. The summed E-state index contributed by atoms with van der Waals surface area (Å²) in [5, 5.41) is 12.5. The summed E-state index contributed by atoms with van der Waals surface area (Å²) in [7, 11) is 0. The van der Waals surface area contributed by atoms with Gasteiger partial charge in [0.25, 0.3) is 5.91 Å². The molecular weight excluding hydrogens is 426 g/mol. The summed E-state index contributed by atoms with van der Waals surface area (Å²) in [6.07, 6.45) is 14.4. The lowest BCUT2D eigenvalue weighted by Gasteiger charge is -2.25. The maximum atomic E-state index is 13.1. The van der Waals surface area contributed by atoms with Crippen molar-refractivity contribution in [3.63, 3.8) is 0 Å². The normalized spacial score (nSPS) is 18.6. The van der Waals surface area contributed by atoms with Gasteiger partial charge >= 0.3 is 5.97 Å². The zero-order valence-corrected chi connectivity index (χ0v) is 20.9. The number of nitrogens with zero attached hydrogens (tertiary/aromatic N) is 2. The zero-order valence-electron chi connectivity index (χ0n) is 20.9. The van der Waals surface area contributed by atoms with Gasteiger partial charge in [0.2, 0.25) is 0 Å². The molecule has 186 valence electrons. The van der Waals surface area contributed by atoms with Gasteiger partial charge in [-0.3, -0.25) is 4.79 Å². The van der Waals surface area contributed by atoms with E-state index < -0.39 is 12.0 Å². The molecule has 1 heterocycles. The van der Waals surface area contributed by atoms with Crippen molar-refractivity contribution < 1.29 is 14.7 Å². The maximum Gasteiger partial charge on any atom is 0.326 e. The van der Waals surface area contributed by atoms with Crippen LogP contribution in [0.25, 0.3) is 11.0 Å². The second kappa shape index (κ2) is 11.4. The number of carbonyl (C=O) groups excluding carboxylic acids is 1. The van der Waals surface area contributed by atoms with E-state index in [-0.39, 0.29) is 5.91 Å². The number of hydrogen-bond donors (Lipinski definition) is 2. The molecule has 0 bridgehead atoms. The number of hydrogen-bond acceptors (Lipinski definition) is 3. The summed E-state index contributed by atoms with van der Waals surface area (Å²) in [6.45, 7) is 4.44. The molecule has 4 rings (SSSR count). The van der Waals surface area contributed by atoms with E-state index in [1.807, 2.05) is 18.2 Å². The molecule has 6 nitrogen and oxygen atoms in total. The molecule has 2 aliphatic carbocycles. The largest absolute Gasteiger partial charge is 0.480 e. The van der Waals surface area contributed by atoms with Crippen molar-refractivity contribution >= 4 is 22.9 Å². The lowest BCUT2D eigenvalue weighted by atomic mass is 9.85. The number of fused-ring (bicyclic) bond motifs is 1. The molecule has 2 saturated carbocycles. The summed E-state index contributed by atoms with van der Waals surface area (Å²) in [5.74, 6) is 0.945. The first-order valence-corrected chi connectivity index (χ1v) is 13.5. The van der Waals surface area contributed by atoms with Gasteiger partial charge in [-0.2, -0.15) is 0 Å². The molecule has 0 spiro atoms. The van der Waals surface area contributed by atoms with E-state index in [0.29, 0.717) is 29.9 Å². The van der Waals surface area contributed by atoms with Crippen LogP contribution in [0.5, 0.6) is 0 Å².